The maximum Gasteiger partial charge on any atom is 0.0951 e. The van der Waals surface area contributed by atoms with Gasteiger partial charge < -0.3 is 0 Å². The Balaban J connectivity index is 1.87. The van der Waals surface area contributed by atoms with Gasteiger partial charge in [0, 0.05) is 16.5 Å². The van der Waals surface area contributed by atoms with Crippen LogP contribution >= 0.6 is 11.3 Å². The van der Waals surface area contributed by atoms with Crippen molar-refractivity contribution in [1.29, 1.82) is 0 Å². The lowest BCUT2D eigenvalue weighted by Gasteiger charge is -2.03. The van der Waals surface area contributed by atoms with Gasteiger partial charge in [-0.3, -0.25) is 10.4 Å². The molecular formula is C14H11N3S. The molecule has 0 bridgehead atoms. The summed E-state index contributed by atoms with van der Waals surface area (Å²) in [4.78, 5) is 5.48. The van der Waals surface area contributed by atoms with E-state index in [-0.39, 0.29) is 0 Å². The van der Waals surface area contributed by atoms with Crippen LogP contribution in [0.5, 0.6) is 0 Å². The smallest absolute Gasteiger partial charge is 0.0951 e. The van der Waals surface area contributed by atoms with Gasteiger partial charge in [-0.2, -0.15) is 5.10 Å². The highest BCUT2D eigenvalue weighted by atomic mass is 32.1. The Labute approximate surface area is 109 Å². The molecule has 2 heterocycles. The number of rotatable bonds is 3. The zero-order chi connectivity index (χ0) is 12.2. The van der Waals surface area contributed by atoms with Gasteiger partial charge in [0.15, 0.2) is 0 Å². The average Bonchev–Trinajstić information content (AvgIpc) is 2.92. The van der Waals surface area contributed by atoms with Gasteiger partial charge in [0.25, 0.3) is 0 Å². The van der Waals surface area contributed by atoms with E-state index in [1.807, 2.05) is 54.1 Å². The summed E-state index contributed by atoms with van der Waals surface area (Å²) in [6.45, 7) is 0. The fourth-order valence-corrected chi connectivity index (χ4v) is 2.31. The molecule has 0 spiro atoms. The normalized spacial score (nSPS) is 11.1. The minimum absolute atomic E-state index is 0.918. The first-order chi connectivity index (χ1) is 8.93. The largest absolute Gasteiger partial charge is 0.276 e. The van der Waals surface area contributed by atoms with E-state index in [0.29, 0.717) is 0 Å². The van der Waals surface area contributed by atoms with Gasteiger partial charge in [-0.05, 0) is 23.6 Å². The van der Waals surface area contributed by atoms with E-state index in [4.69, 9.17) is 0 Å². The molecule has 0 saturated heterocycles. The molecule has 3 nitrogen and oxygen atoms in total. The number of fused-ring (bicyclic) bond motifs is 1. The molecule has 1 N–H and O–H groups in total. The monoisotopic (exact) mass is 253 g/mol. The predicted molar refractivity (Wildman–Crippen MR) is 77.3 cm³/mol. The summed E-state index contributed by atoms with van der Waals surface area (Å²) in [5.41, 5.74) is 4.89. The first-order valence-electron chi connectivity index (χ1n) is 5.60. The van der Waals surface area contributed by atoms with Gasteiger partial charge >= 0.3 is 0 Å². The molecule has 0 atom stereocenters. The van der Waals surface area contributed by atoms with Crippen molar-refractivity contribution in [3.8, 4) is 0 Å². The van der Waals surface area contributed by atoms with Crippen LogP contribution in [0.4, 0.5) is 5.69 Å². The van der Waals surface area contributed by atoms with Crippen LogP contribution < -0.4 is 5.43 Å². The maximum absolute atomic E-state index is 4.36. The van der Waals surface area contributed by atoms with Crippen molar-refractivity contribution in [3.63, 3.8) is 0 Å². The van der Waals surface area contributed by atoms with Crippen LogP contribution in [0, 0.1) is 0 Å². The summed E-state index contributed by atoms with van der Waals surface area (Å²) < 4.78 is 0. The molecule has 0 aliphatic heterocycles. The molecule has 2 aromatic heterocycles. The Morgan fingerprint density at radius 1 is 1.11 bits per heavy atom. The number of nitrogens with one attached hydrogen (secondary N) is 1. The SMILES string of the molecule is C(=N/Nc1cccc2cccnc12)/c1cccs1. The van der Waals surface area contributed by atoms with Gasteiger partial charge in [0.1, 0.15) is 0 Å². The van der Waals surface area contributed by atoms with Gasteiger partial charge in [0.05, 0.1) is 17.4 Å². The van der Waals surface area contributed by atoms with Crippen molar-refractivity contribution in [3.05, 3.63) is 58.9 Å². The second-order valence-corrected chi connectivity index (χ2v) is 4.75. The third kappa shape index (κ3) is 2.24. The number of pyridine rings is 1. The molecule has 0 unspecified atom stereocenters. The molecule has 0 radical (unpaired) electrons. The molecule has 18 heavy (non-hydrogen) atoms. The number of anilines is 1. The second-order valence-electron chi connectivity index (χ2n) is 3.77. The van der Waals surface area contributed by atoms with Crippen LogP contribution in [0.25, 0.3) is 10.9 Å². The minimum Gasteiger partial charge on any atom is -0.276 e. The molecule has 4 heteroatoms. The van der Waals surface area contributed by atoms with Crippen molar-refractivity contribution >= 4 is 34.1 Å². The van der Waals surface area contributed by atoms with Crippen LogP contribution in [-0.4, -0.2) is 11.2 Å². The fourth-order valence-electron chi connectivity index (χ4n) is 1.72. The molecule has 3 rings (SSSR count). The lowest BCUT2D eigenvalue weighted by Crippen LogP contribution is -1.91. The van der Waals surface area contributed by atoms with Crippen LogP contribution in [-0.2, 0) is 0 Å². The number of hydrogen-bond acceptors (Lipinski definition) is 4. The number of para-hydroxylation sites is 1. The minimum atomic E-state index is 0.918. The van der Waals surface area contributed by atoms with Crippen molar-refractivity contribution in [2.45, 2.75) is 0 Å². The van der Waals surface area contributed by atoms with Crippen LogP contribution in [0.3, 0.4) is 0 Å². The maximum atomic E-state index is 4.36. The van der Waals surface area contributed by atoms with Crippen LogP contribution in [0.2, 0.25) is 0 Å². The quantitative estimate of drug-likeness (QED) is 0.570. The van der Waals surface area contributed by atoms with E-state index < -0.39 is 0 Å². The van der Waals surface area contributed by atoms with Gasteiger partial charge in [0.2, 0.25) is 0 Å². The summed E-state index contributed by atoms with van der Waals surface area (Å²) in [6.07, 6.45) is 3.60. The number of benzene rings is 1. The van der Waals surface area contributed by atoms with Crippen molar-refractivity contribution < 1.29 is 0 Å². The molecule has 0 saturated carbocycles. The number of thiophene rings is 1. The number of nitrogens with zero attached hydrogens (tertiary/aromatic N) is 2. The molecule has 0 amide bonds. The number of hydrogen-bond donors (Lipinski definition) is 1. The third-order valence-electron chi connectivity index (χ3n) is 2.55. The number of aromatic nitrogens is 1. The van der Waals surface area contributed by atoms with Crippen molar-refractivity contribution in [1.82, 2.24) is 4.98 Å². The van der Waals surface area contributed by atoms with Gasteiger partial charge in [-0.15, -0.1) is 11.3 Å². The zero-order valence-electron chi connectivity index (χ0n) is 9.58. The summed E-state index contributed by atoms with van der Waals surface area (Å²) in [5.74, 6) is 0. The first-order valence-corrected chi connectivity index (χ1v) is 6.48. The zero-order valence-corrected chi connectivity index (χ0v) is 10.4. The predicted octanol–water partition coefficient (Wildman–Crippen LogP) is 3.74. The Morgan fingerprint density at radius 2 is 2.06 bits per heavy atom. The van der Waals surface area contributed by atoms with E-state index >= 15 is 0 Å². The Morgan fingerprint density at radius 3 is 2.94 bits per heavy atom. The van der Waals surface area contributed by atoms with Crippen molar-refractivity contribution in [2.75, 3.05) is 5.43 Å². The molecule has 0 fully saturated rings. The topological polar surface area (TPSA) is 37.3 Å². The third-order valence-corrected chi connectivity index (χ3v) is 3.36. The summed E-state index contributed by atoms with van der Waals surface area (Å²) in [6, 6.07) is 14.0. The summed E-state index contributed by atoms with van der Waals surface area (Å²) >= 11 is 1.66. The fraction of sp³-hybridized carbons (Fsp3) is 0. The standard InChI is InChI=1S/C14H11N3S/c1-4-11-5-2-8-15-14(11)13(7-1)17-16-10-12-6-3-9-18-12/h1-10,17H/b16-10-. The summed E-state index contributed by atoms with van der Waals surface area (Å²) in [5, 5.41) is 7.36. The average molecular weight is 253 g/mol. The highest BCUT2D eigenvalue weighted by Gasteiger charge is 1.99. The van der Waals surface area contributed by atoms with E-state index in [1.54, 1.807) is 17.5 Å². The van der Waals surface area contributed by atoms with Crippen molar-refractivity contribution in [2.24, 2.45) is 5.10 Å². The lowest BCUT2D eigenvalue weighted by molar-refractivity contribution is 1.33. The summed E-state index contributed by atoms with van der Waals surface area (Å²) in [7, 11) is 0. The van der Waals surface area contributed by atoms with E-state index in [1.165, 1.54) is 0 Å². The lowest BCUT2D eigenvalue weighted by atomic mass is 10.2. The Kier molecular flexibility index (Phi) is 3.02. The molecule has 88 valence electrons. The highest BCUT2D eigenvalue weighted by Crippen LogP contribution is 2.20. The molecular weight excluding hydrogens is 242 g/mol. The highest BCUT2D eigenvalue weighted by molar-refractivity contribution is 7.11. The second kappa shape index (κ2) is 4.98. The molecule has 0 aliphatic rings. The van der Waals surface area contributed by atoms with E-state index in [9.17, 15) is 0 Å². The van der Waals surface area contributed by atoms with E-state index in [2.05, 4.69) is 15.5 Å². The first kappa shape index (κ1) is 10.9. The Bertz CT molecular complexity index is 669. The van der Waals surface area contributed by atoms with Gasteiger partial charge in [-0.25, -0.2) is 0 Å². The number of hydrazone groups is 1. The molecule has 1 aromatic carbocycles. The molecule has 0 aliphatic carbocycles. The van der Waals surface area contributed by atoms with E-state index in [0.717, 1.165) is 21.5 Å². The molecule has 3 aromatic rings. The Hall–Kier alpha value is -2.20. The van der Waals surface area contributed by atoms with Crippen LogP contribution in [0.1, 0.15) is 4.88 Å². The van der Waals surface area contributed by atoms with Gasteiger partial charge in [-0.1, -0.05) is 24.3 Å². The van der Waals surface area contributed by atoms with Crippen LogP contribution in [0.15, 0.2) is 59.1 Å².